The van der Waals surface area contributed by atoms with Crippen LogP contribution in [0.15, 0.2) is 23.1 Å². The number of ether oxygens (including phenoxy) is 1. The number of halogens is 1. The van der Waals surface area contributed by atoms with Crippen LogP contribution in [0.25, 0.3) is 22.3 Å². The SMILES string of the molecule is C[Si](C)(C)CCOCn1cc(-c2cc(C3CC3)on2)c2c(Cl)ncnc21. The predicted octanol–water partition coefficient (Wildman–Crippen LogP) is 4.93. The molecule has 0 N–H and O–H groups in total. The van der Waals surface area contributed by atoms with E-state index in [0.29, 0.717) is 17.8 Å². The van der Waals surface area contributed by atoms with Crippen LogP contribution < -0.4 is 0 Å². The topological polar surface area (TPSA) is 66.0 Å². The molecule has 3 aromatic heterocycles. The van der Waals surface area contributed by atoms with Crippen LogP contribution in [0.4, 0.5) is 0 Å². The maximum absolute atomic E-state index is 6.37. The van der Waals surface area contributed by atoms with Crippen molar-refractivity contribution in [3.8, 4) is 11.3 Å². The van der Waals surface area contributed by atoms with Crippen molar-refractivity contribution in [2.45, 2.75) is 51.2 Å². The highest BCUT2D eigenvalue weighted by atomic mass is 35.5. The molecule has 0 saturated heterocycles. The molecular formula is C18H23ClN4O2Si. The summed E-state index contributed by atoms with van der Waals surface area (Å²) in [6, 6.07) is 3.13. The molecule has 1 aliphatic carbocycles. The molecule has 3 heterocycles. The lowest BCUT2D eigenvalue weighted by Gasteiger charge is -2.15. The highest BCUT2D eigenvalue weighted by Gasteiger charge is 2.29. The summed E-state index contributed by atoms with van der Waals surface area (Å²) >= 11 is 6.37. The van der Waals surface area contributed by atoms with Gasteiger partial charge in [0.1, 0.15) is 35.3 Å². The van der Waals surface area contributed by atoms with Crippen molar-refractivity contribution in [3.05, 3.63) is 29.5 Å². The van der Waals surface area contributed by atoms with E-state index in [0.717, 1.165) is 40.7 Å². The average molecular weight is 391 g/mol. The van der Waals surface area contributed by atoms with Crippen LogP contribution in [0.5, 0.6) is 0 Å². The van der Waals surface area contributed by atoms with E-state index in [1.54, 1.807) is 0 Å². The minimum atomic E-state index is -1.11. The minimum absolute atomic E-state index is 0.418. The van der Waals surface area contributed by atoms with Crippen molar-refractivity contribution in [3.63, 3.8) is 0 Å². The summed E-state index contributed by atoms with van der Waals surface area (Å²) in [6.45, 7) is 8.21. The molecule has 1 aliphatic rings. The normalized spacial score (nSPS) is 15.1. The minimum Gasteiger partial charge on any atom is -0.361 e. The smallest absolute Gasteiger partial charge is 0.147 e. The maximum atomic E-state index is 6.37. The van der Waals surface area contributed by atoms with E-state index in [1.165, 1.54) is 19.2 Å². The Morgan fingerprint density at radius 3 is 2.85 bits per heavy atom. The summed E-state index contributed by atoms with van der Waals surface area (Å²) in [6.07, 6.45) is 5.80. The van der Waals surface area contributed by atoms with Crippen LogP contribution in [-0.2, 0) is 11.5 Å². The van der Waals surface area contributed by atoms with Crippen LogP contribution in [0.2, 0.25) is 30.8 Å². The second-order valence-corrected chi connectivity index (χ2v) is 14.1. The van der Waals surface area contributed by atoms with E-state index in [1.807, 2.05) is 16.8 Å². The number of rotatable bonds is 7. The van der Waals surface area contributed by atoms with Gasteiger partial charge >= 0.3 is 0 Å². The quantitative estimate of drug-likeness (QED) is 0.325. The van der Waals surface area contributed by atoms with Gasteiger partial charge in [-0.15, -0.1) is 0 Å². The summed E-state index contributed by atoms with van der Waals surface area (Å²) in [7, 11) is -1.11. The molecule has 1 fully saturated rings. The van der Waals surface area contributed by atoms with Crippen molar-refractivity contribution in [1.29, 1.82) is 0 Å². The number of aromatic nitrogens is 4. The van der Waals surface area contributed by atoms with E-state index in [-0.39, 0.29) is 0 Å². The van der Waals surface area contributed by atoms with E-state index in [9.17, 15) is 0 Å². The molecule has 0 amide bonds. The lowest BCUT2D eigenvalue weighted by molar-refractivity contribution is 0.0899. The first-order valence-electron chi connectivity index (χ1n) is 8.96. The highest BCUT2D eigenvalue weighted by Crippen LogP contribution is 2.42. The number of hydrogen-bond acceptors (Lipinski definition) is 5. The largest absolute Gasteiger partial charge is 0.361 e. The number of fused-ring (bicyclic) bond motifs is 1. The molecule has 0 aliphatic heterocycles. The molecule has 0 spiro atoms. The molecule has 0 bridgehead atoms. The maximum Gasteiger partial charge on any atom is 0.147 e. The molecule has 1 saturated carbocycles. The van der Waals surface area contributed by atoms with Gasteiger partial charge in [0.05, 0.1) is 5.39 Å². The molecular weight excluding hydrogens is 368 g/mol. The Balaban J connectivity index is 1.62. The van der Waals surface area contributed by atoms with E-state index in [2.05, 4.69) is 34.8 Å². The monoisotopic (exact) mass is 390 g/mol. The van der Waals surface area contributed by atoms with Crippen LogP contribution in [0.1, 0.15) is 24.5 Å². The third-order valence-corrected chi connectivity index (χ3v) is 6.61. The molecule has 0 radical (unpaired) electrons. The lowest BCUT2D eigenvalue weighted by atomic mass is 10.1. The first kappa shape index (κ1) is 17.7. The number of hydrogen-bond donors (Lipinski definition) is 0. The molecule has 0 aromatic carbocycles. The molecule has 3 aromatic rings. The van der Waals surface area contributed by atoms with Gasteiger partial charge in [-0.25, -0.2) is 9.97 Å². The molecule has 26 heavy (non-hydrogen) atoms. The van der Waals surface area contributed by atoms with Gasteiger partial charge in [0.15, 0.2) is 0 Å². The summed E-state index contributed by atoms with van der Waals surface area (Å²) < 4.78 is 13.4. The van der Waals surface area contributed by atoms with Crippen molar-refractivity contribution < 1.29 is 9.26 Å². The van der Waals surface area contributed by atoms with Crippen LogP contribution in [0.3, 0.4) is 0 Å². The Morgan fingerprint density at radius 1 is 1.31 bits per heavy atom. The summed E-state index contributed by atoms with van der Waals surface area (Å²) in [5.41, 5.74) is 2.41. The Labute approximate surface area is 158 Å². The van der Waals surface area contributed by atoms with Crippen LogP contribution >= 0.6 is 11.6 Å². The van der Waals surface area contributed by atoms with Crippen molar-refractivity contribution in [1.82, 2.24) is 19.7 Å². The zero-order valence-corrected chi connectivity index (χ0v) is 17.1. The molecule has 138 valence electrons. The first-order valence-corrected chi connectivity index (χ1v) is 13.0. The van der Waals surface area contributed by atoms with Gasteiger partial charge in [0.25, 0.3) is 0 Å². The van der Waals surface area contributed by atoms with Crippen molar-refractivity contribution in [2.24, 2.45) is 0 Å². The van der Waals surface area contributed by atoms with Gasteiger partial charge in [-0.2, -0.15) is 0 Å². The molecule has 0 atom stereocenters. The van der Waals surface area contributed by atoms with E-state index >= 15 is 0 Å². The van der Waals surface area contributed by atoms with Crippen molar-refractivity contribution in [2.75, 3.05) is 6.61 Å². The van der Waals surface area contributed by atoms with Gasteiger partial charge in [-0.3, -0.25) is 0 Å². The Hall–Kier alpha value is -1.70. The fraction of sp³-hybridized carbons (Fsp3) is 0.500. The van der Waals surface area contributed by atoms with Gasteiger partial charge < -0.3 is 13.8 Å². The zero-order chi connectivity index (χ0) is 18.3. The van der Waals surface area contributed by atoms with Gasteiger partial charge in [-0.05, 0) is 18.9 Å². The fourth-order valence-electron chi connectivity index (χ4n) is 2.90. The third kappa shape index (κ3) is 3.70. The standard InChI is InChI=1S/C18H23ClN4O2Si/c1-26(2,3)7-6-24-11-23-9-13(16-17(19)20-10-21-18(16)23)14-8-15(25-22-14)12-4-5-12/h8-10,12H,4-7,11H2,1-3H3. The van der Waals surface area contributed by atoms with Crippen molar-refractivity contribution >= 4 is 30.7 Å². The van der Waals surface area contributed by atoms with E-state index in [4.69, 9.17) is 20.9 Å². The van der Waals surface area contributed by atoms with Crippen LogP contribution in [-0.4, -0.2) is 34.4 Å². The first-order chi connectivity index (χ1) is 12.4. The number of nitrogens with zero attached hydrogens (tertiary/aromatic N) is 4. The average Bonchev–Trinajstić information content (AvgIpc) is 3.19. The second kappa shape index (κ2) is 6.79. The Kier molecular flexibility index (Phi) is 4.62. The molecule has 8 heteroatoms. The lowest BCUT2D eigenvalue weighted by Crippen LogP contribution is -2.22. The Bertz CT molecular complexity index is 927. The van der Waals surface area contributed by atoms with E-state index < -0.39 is 8.07 Å². The summed E-state index contributed by atoms with van der Waals surface area (Å²) in [5, 5.41) is 5.45. The summed E-state index contributed by atoms with van der Waals surface area (Å²) in [5.74, 6) is 1.46. The molecule has 6 nitrogen and oxygen atoms in total. The molecule has 0 unspecified atom stereocenters. The fourth-order valence-corrected chi connectivity index (χ4v) is 3.88. The van der Waals surface area contributed by atoms with Crippen LogP contribution in [0, 0.1) is 0 Å². The predicted molar refractivity (Wildman–Crippen MR) is 104 cm³/mol. The summed E-state index contributed by atoms with van der Waals surface area (Å²) in [4.78, 5) is 8.54. The molecule has 4 rings (SSSR count). The van der Waals surface area contributed by atoms with Gasteiger partial charge in [0.2, 0.25) is 0 Å². The van der Waals surface area contributed by atoms with Gasteiger partial charge in [0, 0.05) is 38.4 Å². The highest BCUT2D eigenvalue weighted by molar-refractivity contribution is 6.76. The second-order valence-electron chi connectivity index (χ2n) is 8.11. The third-order valence-electron chi connectivity index (χ3n) is 4.62. The Morgan fingerprint density at radius 2 is 2.12 bits per heavy atom. The zero-order valence-electron chi connectivity index (χ0n) is 15.3. The van der Waals surface area contributed by atoms with Gasteiger partial charge in [-0.1, -0.05) is 36.4 Å².